The number of halogens is 1. The maximum Gasteiger partial charge on any atom is 0.226 e. The van der Waals surface area contributed by atoms with Gasteiger partial charge in [0, 0.05) is 23.8 Å². The van der Waals surface area contributed by atoms with Crippen LogP contribution in [-0.2, 0) is 4.79 Å². The van der Waals surface area contributed by atoms with E-state index in [4.69, 9.17) is 9.84 Å². The molecule has 2 aromatic carbocycles. The summed E-state index contributed by atoms with van der Waals surface area (Å²) in [6.07, 6.45) is 0.278. The molecule has 0 saturated heterocycles. The Kier molecular flexibility index (Phi) is 6.57. The third-order valence-electron chi connectivity index (χ3n) is 3.25. The highest BCUT2D eigenvalue weighted by atomic mass is 19.1. The standard InChI is InChI=1S/C18H21FN2O3/c1-13(12-18(23)21-16-4-2-14(19)3-5-16)20-15-6-8-17(9-7-15)24-11-10-22/h2-9,13,20,22H,10-12H2,1H3,(H,21,23). The lowest BCUT2D eigenvalue weighted by molar-refractivity contribution is -0.116. The van der Waals surface area contributed by atoms with Crippen molar-refractivity contribution in [3.63, 3.8) is 0 Å². The minimum Gasteiger partial charge on any atom is -0.491 e. The maximum atomic E-state index is 12.8. The van der Waals surface area contributed by atoms with Gasteiger partial charge in [0.15, 0.2) is 0 Å². The molecule has 5 nitrogen and oxygen atoms in total. The average Bonchev–Trinajstić information content (AvgIpc) is 2.56. The zero-order chi connectivity index (χ0) is 17.4. The van der Waals surface area contributed by atoms with Crippen LogP contribution in [0.3, 0.4) is 0 Å². The summed E-state index contributed by atoms with van der Waals surface area (Å²) in [6, 6.07) is 12.9. The van der Waals surface area contributed by atoms with Gasteiger partial charge < -0.3 is 20.5 Å². The van der Waals surface area contributed by atoms with Crippen molar-refractivity contribution in [1.82, 2.24) is 0 Å². The van der Waals surface area contributed by atoms with Crippen molar-refractivity contribution in [3.05, 3.63) is 54.3 Å². The van der Waals surface area contributed by atoms with Crippen LogP contribution < -0.4 is 15.4 Å². The van der Waals surface area contributed by atoms with E-state index >= 15 is 0 Å². The molecule has 0 aliphatic carbocycles. The summed E-state index contributed by atoms with van der Waals surface area (Å²) < 4.78 is 18.1. The second-order valence-electron chi connectivity index (χ2n) is 5.40. The predicted octanol–water partition coefficient (Wildman–Crippen LogP) is 3.03. The third-order valence-corrected chi connectivity index (χ3v) is 3.25. The van der Waals surface area contributed by atoms with Crippen molar-refractivity contribution in [2.45, 2.75) is 19.4 Å². The van der Waals surface area contributed by atoms with Crippen molar-refractivity contribution < 1.29 is 19.0 Å². The van der Waals surface area contributed by atoms with Crippen LogP contribution in [0.5, 0.6) is 5.75 Å². The van der Waals surface area contributed by atoms with Gasteiger partial charge in [-0.2, -0.15) is 0 Å². The fourth-order valence-corrected chi connectivity index (χ4v) is 2.17. The van der Waals surface area contributed by atoms with Crippen molar-refractivity contribution in [3.8, 4) is 5.75 Å². The van der Waals surface area contributed by atoms with E-state index in [9.17, 15) is 9.18 Å². The van der Waals surface area contributed by atoms with Crippen LogP contribution in [0.2, 0.25) is 0 Å². The molecule has 0 fully saturated rings. The molecule has 1 amide bonds. The monoisotopic (exact) mass is 332 g/mol. The van der Waals surface area contributed by atoms with Gasteiger partial charge in [0.1, 0.15) is 18.2 Å². The summed E-state index contributed by atoms with van der Waals surface area (Å²) in [7, 11) is 0. The Morgan fingerprint density at radius 2 is 1.75 bits per heavy atom. The van der Waals surface area contributed by atoms with Crippen molar-refractivity contribution in [1.29, 1.82) is 0 Å². The fraction of sp³-hybridized carbons (Fsp3) is 0.278. The van der Waals surface area contributed by atoms with Gasteiger partial charge in [-0.25, -0.2) is 4.39 Å². The number of benzene rings is 2. The predicted molar refractivity (Wildman–Crippen MR) is 91.8 cm³/mol. The molecule has 0 aliphatic heterocycles. The lowest BCUT2D eigenvalue weighted by atomic mass is 10.2. The molecule has 0 saturated carbocycles. The number of hydrogen-bond donors (Lipinski definition) is 3. The zero-order valence-electron chi connectivity index (χ0n) is 13.5. The second-order valence-corrected chi connectivity index (χ2v) is 5.40. The molecule has 0 spiro atoms. The maximum absolute atomic E-state index is 12.8. The van der Waals surface area contributed by atoms with Gasteiger partial charge in [-0.3, -0.25) is 4.79 Å². The lowest BCUT2D eigenvalue weighted by Crippen LogP contribution is -2.23. The van der Waals surface area contributed by atoms with Gasteiger partial charge in [0.05, 0.1) is 6.61 Å². The SMILES string of the molecule is CC(CC(=O)Nc1ccc(F)cc1)Nc1ccc(OCCO)cc1. The number of aliphatic hydroxyl groups excluding tert-OH is 1. The smallest absolute Gasteiger partial charge is 0.226 e. The Hall–Kier alpha value is -2.60. The molecule has 6 heteroatoms. The lowest BCUT2D eigenvalue weighted by Gasteiger charge is -2.15. The number of amides is 1. The van der Waals surface area contributed by atoms with Gasteiger partial charge in [-0.05, 0) is 55.5 Å². The Balaban J connectivity index is 1.80. The average molecular weight is 332 g/mol. The summed E-state index contributed by atoms with van der Waals surface area (Å²) in [4.78, 5) is 12.0. The first-order chi connectivity index (χ1) is 11.6. The summed E-state index contributed by atoms with van der Waals surface area (Å²) in [5.74, 6) is 0.190. The molecular weight excluding hydrogens is 311 g/mol. The summed E-state index contributed by atoms with van der Waals surface area (Å²) in [5, 5.41) is 14.7. The number of carbonyl (C=O) groups excluding carboxylic acids is 1. The molecule has 1 unspecified atom stereocenters. The third kappa shape index (κ3) is 5.89. The fourth-order valence-electron chi connectivity index (χ4n) is 2.17. The largest absolute Gasteiger partial charge is 0.491 e. The molecule has 3 N–H and O–H groups in total. The molecular formula is C18H21FN2O3. The van der Waals surface area contributed by atoms with E-state index in [1.165, 1.54) is 24.3 Å². The molecule has 0 radical (unpaired) electrons. The Morgan fingerprint density at radius 3 is 2.38 bits per heavy atom. The van der Waals surface area contributed by atoms with Gasteiger partial charge in [-0.1, -0.05) is 0 Å². The zero-order valence-corrected chi connectivity index (χ0v) is 13.5. The summed E-state index contributed by atoms with van der Waals surface area (Å²) in [5.41, 5.74) is 1.44. The first-order valence-electron chi connectivity index (χ1n) is 7.72. The molecule has 2 rings (SSSR count). The Morgan fingerprint density at radius 1 is 1.12 bits per heavy atom. The van der Waals surface area contributed by atoms with Crippen LogP contribution in [0.25, 0.3) is 0 Å². The van der Waals surface area contributed by atoms with E-state index in [-0.39, 0.29) is 37.4 Å². The van der Waals surface area contributed by atoms with Gasteiger partial charge in [0.25, 0.3) is 0 Å². The second kappa shape index (κ2) is 8.88. The van der Waals surface area contributed by atoms with Crippen LogP contribution in [-0.4, -0.2) is 30.3 Å². The molecule has 0 bridgehead atoms. The quantitative estimate of drug-likeness (QED) is 0.695. The first kappa shape index (κ1) is 17.7. The molecule has 0 aliphatic rings. The van der Waals surface area contributed by atoms with E-state index in [0.717, 1.165) is 5.69 Å². The van der Waals surface area contributed by atoms with E-state index in [1.807, 2.05) is 19.1 Å². The number of hydrogen-bond acceptors (Lipinski definition) is 4. The van der Waals surface area contributed by atoms with Crippen LogP contribution in [0.1, 0.15) is 13.3 Å². The molecule has 1 atom stereocenters. The number of anilines is 2. The van der Waals surface area contributed by atoms with Crippen molar-refractivity contribution >= 4 is 17.3 Å². The van der Waals surface area contributed by atoms with Gasteiger partial charge >= 0.3 is 0 Å². The molecule has 128 valence electrons. The molecule has 0 heterocycles. The number of aliphatic hydroxyl groups is 1. The van der Waals surface area contributed by atoms with Gasteiger partial charge in [0.2, 0.25) is 5.91 Å². The summed E-state index contributed by atoms with van der Waals surface area (Å²) >= 11 is 0. The minimum absolute atomic E-state index is 0.0276. The van der Waals surface area contributed by atoms with Crippen LogP contribution in [0.15, 0.2) is 48.5 Å². The summed E-state index contributed by atoms with van der Waals surface area (Å²) in [6.45, 7) is 2.13. The normalized spacial score (nSPS) is 11.6. The highest BCUT2D eigenvalue weighted by Crippen LogP contribution is 2.17. The highest BCUT2D eigenvalue weighted by molar-refractivity contribution is 5.91. The van der Waals surface area contributed by atoms with E-state index in [0.29, 0.717) is 11.4 Å². The van der Waals surface area contributed by atoms with E-state index in [1.54, 1.807) is 12.1 Å². The van der Waals surface area contributed by atoms with Crippen LogP contribution in [0.4, 0.5) is 15.8 Å². The topological polar surface area (TPSA) is 70.6 Å². The van der Waals surface area contributed by atoms with Crippen molar-refractivity contribution in [2.24, 2.45) is 0 Å². The number of rotatable bonds is 8. The Labute approximate surface area is 140 Å². The number of carbonyl (C=O) groups is 1. The number of nitrogens with one attached hydrogen (secondary N) is 2. The van der Waals surface area contributed by atoms with Crippen LogP contribution in [0, 0.1) is 5.82 Å². The highest BCUT2D eigenvalue weighted by Gasteiger charge is 2.09. The Bertz CT molecular complexity index is 644. The van der Waals surface area contributed by atoms with Gasteiger partial charge in [-0.15, -0.1) is 0 Å². The molecule has 24 heavy (non-hydrogen) atoms. The minimum atomic E-state index is -0.338. The molecule has 2 aromatic rings. The van der Waals surface area contributed by atoms with Crippen molar-refractivity contribution in [2.75, 3.05) is 23.8 Å². The molecule has 0 aromatic heterocycles. The van der Waals surface area contributed by atoms with Crippen LogP contribution >= 0.6 is 0 Å². The number of ether oxygens (including phenoxy) is 1. The van der Waals surface area contributed by atoms with E-state index in [2.05, 4.69) is 10.6 Å². The first-order valence-corrected chi connectivity index (χ1v) is 7.72. The van der Waals surface area contributed by atoms with E-state index < -0.39 is 0 Å².